The van der Waals surface area contributed by atoms with E-state index < -0.39 is 10.0 Å². The van der Waals surface area contributed by atoms with Crippen LogP contribution >= 0.6 is 34.4 Å². The van der Waals surface area contributed by atoms with Crippen molar-refractivity contribution in [2.24, 2.45) is 0 Å². The molecule has 0 bridgehead atoms. The van der Waals surface area contributed by atoms with Crippen molar-refractivity contribution in [1.29, 1.82) is 0 Å². The lowest BCUT2D eigenvalue weighted by Gasteiger charge is -2.07. The standard InChI is InChI=1S/C14H14N4O3S4/c1-8(12(19)17-13-15-5-6-22-13)23-14-16-10-4-3-9(7-11(10)24-14)18-25(2,20)21/h3-8,18H,1-2H3,(H,15,17,19). The summed E-state index contributed by atoms with van der Waals surface area (Å²) in [6.45, 7) is 1.80. The number of sulfonamides is 1. The van der Waals surface area contributed by atoms with E-state index in [-0.39, 0.29) is 11.2 Å². The largest absolute Gasteiger partial charge is 0.301 e. The molecule has 0 aliphatic carbocycles. The zero-order valence-electron chi connectivity index (χ0n) is 13.2. The van der Waals surface area contributed by atoms with Crippen molar-refractivity contribution < 1.29 is 13.2 Å². The molecule has 1 unspecified atom stereocenters. The number of fused-ring (bicyclic) bond motifs is 1. The van der Waals surface area contributed by atoms with E-state index in [4.69, 9.17) is 0 Å². The Morgan fingerprint density at radius 2 is 2.16 bits per heavy atom. The first-order valence-corrected chi connectivity index (χ1v) is 11.5. The highest BCUT2D eigenvalue weighted by atomic mass is 32.2. The van der Waals surface area contributed by atoms with Gasteiger partial charge in [0.15, 0.2) is 9.47 Å². The first-order chi connectivity index (χ1) is 11.8. The topological polar surface area (TPSA) is 101 Å². The molecular weight excluding hydrogens is 400 g/mol. The number of nitrogens with zero attached hydrogens (tertiary/aromatic N) is 2. The van der Waals surface area contributed by atoms with Gasteiger partial charge in [-0.3, -0.25) is 9.52 Å². The Labute approximate surface area is 156 Å². The molecule has 1 atom stereocenters. The first kappa shape index (κ1) is 18.1. The van der Waals surface area contributed by atoms with Crippen molar-refractivity contribution in [2.45, 2.75) is 16.5 Å². The van der Waals surface area contributed by atoms with Gasteiger partial charge in [-0.1, -0.05) is 11.8 Å². The van der Waals surface area contributed by atoms with Crippen molar-refractivity contribution in [3.05, 3.63) is 29.8 Å². The smallest absolute Gasteiger partial charge is 0.239 e. The van der Waals surface area contributed by atoms with Crippen LogP contribution in [0.5, 0.6) is 0 Å². The third kappa shape index (κ3) is 4.91. The van der Waals surface area contributed by atoms with E-state index in [1.165, 1.54) is 34.4 Å². The van der Waals surface area contributed by atoms with Crippen LogP contribution in [0.3, 0.4) is 0 Å². The number of rotatable bonds is 6. The quantitative estimate of drug-likeness (QED) is 0.601. The lowest BCUT2D eigenvalue weighted by Crippen LogP contribution is -2.22. The van der Waals surface area contributed by atoms with Gasteiger partial charge in [0.25, 0.3) is 0 Å². The number of carbonyl (C=O) groups is 1. The maximum atomic E-state index is 12.2. The molecule has 0 aliphatic rings. The highest BCUT2D eigenvalue weighted by Gasteiger charge is 2.18. The van der Waals surface area contributed by atoms with Gasteiger partial charge >= 0.3 is 0 Å². The Morgan fingerprint density at radius 1 is 1.36 bits per heavy atom. The Kier molecular flexibility index (Phi) is 5.27. The first-order valence-electron chi connectivity index (χ1n) is 7.05. The molecule has 1 amide bonds. The fourth-order valence-corrected chi connectivity index (χ4v) is 5.27. The van der Waals surface area contributed by atoms with Gasteiger partial charge in [-0.05, 0) is 25.1 Å². The van der Waals surface area contributed by atoms with Crippen molar-refractivity contribution in [2.75, 3.05) is 16.3 Å². The van der Waals surface area contributed by atoms with Gasteiger partial charge in [-0.15, -0.1) is 22.7 Å². The molecule has 0 saturated carbocycles. The minimum atomic E-state index is -3.32. The average molecular weight is 415 g/mol. The maximum absolute atomic E-state index is 12.2. The predicted octanol–water partition coefficient (Wildman–Crippen LogP) is 3.24. The van der Waals surface area contributed by atoms with Gasteiger partial charge in [-0.2, -0.15) is 0 Å². The van der Waals surface area contributed by atoms with E-state index in [9.17, 15) is 13.2 Å². The van der Waals surface area contributed by atoms with Crippen LogP contribution in [0.15, 0.2) is 34.1 Å². The molecular formula is C14H14N4O3S4. The molecule has 0 aliphatic heterocycles. The molecule has 7 nitrogen and oxygen atoms in total. The van der Waals surface area contributed by atoms with Gasteiger partial charge < -0.3 is 5.32 Å². The normalized spacial score (nSPS) is 12.9. The number of hydrogen-bond acceptors (Lipinski definition) is 8. The second kappa shape index (κ2) is 7.28. The molecule has 0 saturated heterocycles. The zero-order chi connectivity index (χ0) is 18.0. The summed E-state index contributed by atoms with van der Waals surface area (Å²) in [7, 11) is -3.32. The monoisotopic (exact) mass is 414 g/mol. The zero-order valence-corrected chi connectivity index (χ0v) is 16.5. The fourth-order valence-electron chi connectivity index (χ4n) is 1.93. The number of thioether (sulfide) groups is 1. The fraction of sp³-hybridized carbons (Fsp3) is 0.214. The van der Waals surface area contributed by atoms with Gasteiger partial charge in [-0.25, -0.2) is 18.4 Å². The predicted molar refractivity (Wildman–Crippen MR) is 104 cm³/mol. The second-order valence-corrected chi connectivity index (χ2v) is 10.4. The summed E-state index contributed by atoms with van der Waals surface area (Å²) in [5.74, 6) is -0.140. The Morgan fingerprint density at radius 3 is 2.84 bits per heavy atom. The highest BCUT2D eigenvalue weighted by Crippen LogP contribution is 2.33. The number of hydrogen-bond donors (Lipinski definition) is 2. The van der Waals surface area contributed by atoms with E-state index in [1.807, 2.05) is 0 Å². The molecule has 2 heterocycles. The van der Waals surface area contributed by atoms with Crippen molar-refractivity contribution in [1.82, 2.24) is 9.97 Å². The number of nitrogens with one attached hydrogen (secondary N) is 2. The minimum Gasteiger partial charge on any atom is -0.301 e. The molecule has 0 fully saturated rings. The highest BCUT2D eigenvalue weighted by molar-refractivity contribution is 8.02. The molecule has 2 N–H and O–H groups in total. The van der Waals surface area contributed by atoms with Gasteiger partial charge in [0.05, 0.1) is 27.4 Å². The number of anilines is 2. The van der Waals surface area contributed by atoms with Crippen molar-refractivity contribution in [3.8, 4) is 0 Å². The molecule has 0 spiro atoms. The number of aromatic nitrogens is 2. The van der Waals surface area contributed by atoms with Crippen molar-refractivity contribution >= 4 is 71.4 Å². The molecule has 1 aromatic carbocycles. The number of carbonyl (C=O) groups excluding carboxylic acids is 1. The van der Waals surface area contributed by atoms with E-state index >= 15 is 0 Å². The van der Waals surface area contributed by atoms with Crippen LogP contribution in [0.25, 0.3) is 10.2 Å². The van der Waals surface area contributed by atoms with Gasteiger partial charge in [0, 0.05) is 11.6 Å². The molecule has 11 heteroatoms. The van der Waals surface area contributed by atoms with Crippen LogP contribution in [0.4, 0.5) is 10.8 Å². The summed E-state index contributed by atoms with van der Waals surface area (Å²) >= 11 is 4.13. The molecule has 3 rings (SSSR count). The second-order valence-electron chi connectivity index (χ2n) is 5.12. The molecule has 2 aromatic heterocycles. The lowest BCUT2D eigenvalue weighted by atomic mass is 10.3. The molecule has 132 valence electrons. The Hall–Kier alpha value is -1.69. The molecule has 3 aromatic rings. The van der Waals surface area contributed by atoms with Crippen molar-refractivity contribution in [3.63, 3.8) is 0 Å². The van der Waals surface area contributed by atoms with Crippen LogP contribution in [0.2, 0.25) is 0 Å². The summed E-state index contributed by atoms with van der Waals surface area (Å²) in [5.41, 5.74) is 1.25. The van der Waals surface area contributed by atoms with Gasteiger partial charge in [0.1, 0.15) is 0 Å². The van der Waals surface area contributed by atoms with E-state index in [0.29, 0.717) is 10.8 Å². The van der Waals surface area contributed by atoms with Crippen LogP contribution in [0.1, 0.15) is 6.92 Å². The molecule has 25 heavy (non-hydrogen) atoms. The van der Waals surface area contributed by atoms with E-state index in [1.54, 1.807) is 36.7 Å². The average Bonchev–Trinajstić information content (AvgIpc) is 3.14. The van der Waals surface area contributed by atoms with E-state index in [2.05, 4.69) is 20.0 Å². The molecule has 0 radical (unpaired) electrons. The third-order valence-electron chi connectivity index (χ3n) is 2.98. The number of thiazole rings is 2. The summed E-state index contributed by atoms with van der Waals surface area (Å²) in [6, 6.07) is 5.15. The summed E-state index contributed by atoms with van der Waals surface area (Å²) in [5, 5.41) is 4.79. The van der Waals surface area contributed by atoms with Gasteiger partial charge in [0.2, 0.25) is 15.9 Å². The van der Waals surface area contributed by atoms with Crippen LogP contribution in [-0.2, 0) is 14.8 Å². The SMILES string of the molecule is CC(Sc1nc2ccc(NS(C)(=O)=O)cc2s1)C(=O)Nc1nccs1. The lowest BCUT2D eigenvalue weighted by molar-refractivity contribution is -0.115. The van der Waals surface area contributed by atoms with Crippen LogP contribution in [-0.4, -0.2) is 35.8 Å². The summed E-state index contributed by atoms with van der Waals surface area (Å²) in [6.07, 6.45) is 2.74. The maximum Gasteiger partial charge on any atom is 0.239 e. The van der Waals surface area contributed by atoms with E-state index in [0.717, 1.165) is 20.8 Å². The number of amides is 1. The Bertz CT molecular complexity index is 998. The Balaban J connectivity index is 1.72. The van der Waals surface area contributed by atoms with Crippen LogP contribution in [0, 0.1) is 0 Å². The summed E-state index contributed by atoms with van der Waals surface area (Å²) in [4.78, 5) is 20.7. The third-order valence-corrected chi connectivity index (χ3v) is 6.49. The number of benzene rings is 1. The minimum absolute atomic E-state index is 0.140. The summed E-state index contributed by atoms with van der Waals surface area (Å²) < 4.78 is 26.7. The van der Waals surface area contributed by atoms with Crippen LogP contribution < -0.4 is 10.0 Å².